The average Bonchev–Trinajstić information content (AvgIpc) is 1.84. The van der Waals surface area contributed by atoms with Crippen molar-refractivity contribution in [3.05, 3.63) is 0 Å². The Balaban J connectivity index is 1.94. The van der Waals surface area contributed by atoms with E-state index in [0.717, 1.165) is 13.0 Å². The summed E-state index contributed by atoms with van der Waals surface area (Å²) in [6.45, 7) is 1.02. The molecular formula is C8H13F2N. The molecule has 0 bridgehead atoms. The van der Waals surface area contributed by atoms with Gasteiger partial charge in [0.25, 0.3) is 0 Å². The molecule has 1 saturated heterocycles. The third-order valence-electron chi connectivity index (χ3n) is 3.04. The Bertz CT molecular complexity index is 151. The van der Waals surface area contributed by atoms with Gasteiger partial charge in [0.15, 0.2) is 0 Å². The van der Waals surface area contributed by atoms with Gasteiger partial charge in [-0.1, -0.05) is 0 Å². The van der Waals surface area contributed by atoms with Crippen molar-refractivity contribution in [2.45, 2.75) is 43.6 Å². The molecular weight excluding hydrogens is 148 g/mol. The maximum absolute atomic E-state index is 12.7. The highest BCUT2D eigenvalue weighted by molar-refractivity contribution is 5.01. The topological polar surface area (TPSA) is 12.0 Å². The highest BCUT2D eigenvalue weighted by atomic mass is 19.3. The van der Waals surface area contributed by atoms with Crippen LogP contribution in [-0.4, -0.2) is 18.0 Å². The second-order valence-corrected chi connectivity index (χ2v) is 3.81. The molecule has 0 unspecified atom stereocenters. The van der Waals surface area contributed by atoms with Crippen molar-refractivity contribution < 1.29 is 8.78 Å². The smallest absolute Gasteiger partial charge is 0.248 e. The van der Waals surface area contributed by atoms with Gasteiger partial charge in [-0.25, -0.2) is 8.78 Å². The van der Waals surface area contributed by atoms with E-state index in [0.29, 0.717) is 12.8 Å². The molecule has 0 aromatic heterocycles. The molecule has 11 heavy (non-hydrogen) atoms. The maximum atomic E-state index is 12.7. The van der Waals surface area contributed by atoms with Gasteiger partial charge in [0, 0.05) is 18.4 Å². The van der Waals surface area contributed by atoms with Crippen LogP contribution in [0.1, 0.15) is 32.1 Å². The minimum absolute atomic E-state index is 0.0833. The number of hydrogen-bond acceptors (Lipinski definition) is 1. The SMILES string of the molecule is FC1(F)CCC2(CCN2)CC1. The van der Waals surface area contributed by atoms with Crippen LogP contribution in [0.15, 0.2) is 0 Å². The van der Waals surface area contributed by atoms with Crippen LogP contribution >= 0.6 is 0 Å². The first-order chi connectivity index (χ1) is 5.12. The molecule has 0 aromatic carbocycles. The zero-order valence-electron chi connectivity index (χ0n) is 6.50. The molecule has 1 aliphatic carbocycles. The van der Waals surface area contributed by atoms with E-state index in [4.69, 9.17) is 0 Å². The van der Waals surface area contributed by atoms with Gasteiger partial charge in [0.05, 0.1) is 0 Å². The van der Waals surface area contributed by atoms with E-state index in [1.807, 2.05) is 0 Å². The van der Waals surface area contributed by atoms with Crippen LogP contribution < -0.4 is 5.32 Å². The molecule has 1 saturated carbocycles. The fraction of sp³-hybridized carbons (Fsp3) is 1.00. The van der Waals surface area contributed by atoms with E-state index in [-0.39, 0.29) is 18.4 Å². The van der Waals surface area contributed by atoms with Crippen molar-refractivity contribution in [2.24, 2.45) is 0 Å². The van der Waals surface area contributed by atoms with Gasteiger partial charge < -0.3 is 5.32 Å². The van der Waals surface area contributed by atoms with Crippen molar-refractivity contribution in [3.63, 3.8) is 0 Å². The highest BCUT2D eigenvalue weighted by Crippen LogP contribution is 2.42. The van der Waals surface area contributed by atoms with Gasteiger partial charge >= 0.3 is 0 Å². The minimum atomic E-state index is -2.37. The van der Waals surface area contributed by atoms with Crippen LogP contribution in [0.4, 0.5) is 8.78 Å². The number of rotatable bonds is 0. The molecule has 64 valence electrons. The molecule has 1 N–H and O–H groups in total. The van der Waals surface area contributed by atoms with E-state index in [1.165, 1.54) is 0 Å². The molecule has 2 aliphatic rings. The zero-order chi connectivity index (χ0) is 7.95. The Hall–Kier alpha value is -0.180. The lowest BCUT2D eigenvalue weighted by Gasteiger charge is -2.47. The fourth-order valence-corrected chi connectivity index (χ4v) is 2.00. The molecule has 0 aromatic rings. The van der Waals surface area contributed by atoms with Crippen LogP contribution in [-0.2, 0) is 0 Å². The fourth-order valence-electron chi connectivity index (χ4n) is 2.00. The number of alkyl halides is 2. The van der Waals surface area contributed by atoms with E-state index in [1.54, 1.807) is 0 Å². The summed E-state index contributed by atoms with van der Waals surface area (Å²) in [6, 6.07) is 0. The summed E-state index contributed by atoms with van der Waals surface area (Å²) in [5.74, 6) is -2.37. The van der Waals surface area contributed by atoms with Gasteiger partial charge in [-0.05, 0) is 25.8 Å². The van der Waals surface area contributed by atoms with Crippen molar-refractivity contribution >= 4 is 0 Å². The predicted molar refractivity (Wildman–Crippen MR) is 38.8 cm³/mol. The second-order valence-electron chi connectivity index (χ2n) is 3.81. The van der Waals surface area contributed by atoms with E-state index >= 15 is 0 Å². The summed E-state index contributed by atoms with van der Waals surface area (Å²) in [5.41, 5.74) is 0.127. The van der Waals surface area contributed by atoms with Gasteiger partial charge in [0.1, 0.15) is 0 Å². The van der Waals surface area contributed by atoms with Crippen molar-refractivity contribution in [1.82, 2.24) is 5.32 Å². The lowest BCUT2D eigenvalue weighted by atomic mass is 9.73. The van der Waals surface area contributed by atoms with Crippen LogP contribution in [0.2, 0.25) is 0 Å². The molecule has 3 heteroatoms. The van der Waals surface area contributed by atoms with E-state index in [2.05, 4.69) is 5.32 Å². The minimum Gasteiger partial charge on any atom is -0.311 e. The normalized spacial score (nSPS) is 33.3. The molecule has 1 aliphatic heterocycles. The number of hydrogen-bond donors (Lipinski definition) is 1. The Kier molecular flexibility index (Phi) is 1.46. The number of halogens is 2. The van der Waals surface area contributed by atoms with Crippen LogP contribution in [0.5, 0.6) is 0 Å². The average molecular weight is 161 g/mol. The highest BCUT2D eigenvalue weighted by Gasteiger charge is 2.45. The molecule has 1 nitrogen and oxygen atoms in total. The molecule has 2 rings (SSSR count). The first kappa shape index (κ1) is 7.47. The lowest BCUT2D eigenvalue weighted by molar-refractivity contribution is -0.0668. The quantitative estimate of drug-likeness (QED) is 0.572. The zero-order valence-corrected chi connectivity index (χ0v) is 6.50. The molecule has 0 amide bonds. The lowest BCUT2D eigenvalue weighted by Crippen LogP contribution is -2.59. The van der Waals surface area contributed by atoms with Crippen LogP contribution in [0, 0.1) is 0 Å². The third kappa shape index (κ3) is 1.26. The van der Waals surface area contributed by atoms with Gasteiger partial charge in [-0.2, -0.15) is 0 Å². The Morgan fingerprint density at radius 3 is 1.82 bits per heavy atom. The monoisotopic (exact) mass is 161 g/mol. The maximum Gasteiger partial charge on any atom is 0.248 e. The largest absolute Gasteiger partial charge is 0.311 e. The standard InChI is InChI=1S/C8H13F2N/c9-8(10)3-1-7(2-4-8)5-6-11-7/h11H,1-6H2. The van der Waals surface area contributed by atoms with Crippen LogP contribution in [0.3, 0.4) is 0 Å². The molecule has 2 fully saturated rings. The summed E-state index contributed by atoms with van der Waals surface area (Å²) < 4.78 is 25.4. The summed E-state index contributed by atoms with van der Waals surface area (Å²) in [5, 5.41) is 3.27. The Morgan fingerprint density at radius 2 is 1.45 bits per heavy atom. The van der Waals surface area contributed by atoms with Crippen molar-refractivity contribution in [2.75, 3.05) is 6.54 Å². The molecule has 1 heterocycles. The van der Waals surface area contributed by atoms with Gasteiger partial charge in [0.2, 0.25) is 5.92 Å². The molecule has 1 spiro atoms. The molecule has 0 atom stereocenters. The predicted octanol–water partition coefficient (Wildman–Crippen LogP) is 1.93. The number of nitrogens with one attached hydrogen (secondary N) is 1. The van der Waals surface area contributed by atoms with E-state index in [9.17, 15) is 8.78 Å². The summed E-state index contributed by atoms with van der Waals surface area (Å²) in [4.78, 5) is 0. The molecule has 0 radical (unpaired) electrons. The third-order valence-corrected chi connectivity index (χ3v) is 3.04. The van der Waals surface area contributed by atoms with Crippen LogP contribution in [0.25, 0.3) is 0 Å². The summed E-state index contributed by atoms with van der Waals surface area (Å²) in [6.07, 6.45) is 2.60. The first-order valence-electron chi connectivity index (χ1n) is 4.25. The summed E-state index contributed by atoms with van der Waals surface area (Å²) >= 11 is 0. The van der Waals surface area contributed by atoms with Gasteiger partial charge in [-0.15, -0.1) is 0 Å². The Morgan fingerprint density at radius 1 is 0.909 bits per heavy atom. The first-order valence-corrected chi connectivity index (χ1v) is 4.25. The van der Waals surface area contributed by atoms with E-state index < -0.39 is 5.92 Å². The van der Waals surface area contributed by atoms with Crippen molar-refractivity contribution in [3.8, 4) is 0 Å². The Labute approximate surface area is 65.2 Å². The van der Waals surface area contributed by atoms with Crippen molar-refractivity contribution in [1.29, 1.82) is 0 Å². The second kappa shape index (κ2) is 2.16. The summed E-state index contributed by atoms with van der Waals surface area (Å²) in [7, 11) is 0. The van der Waals surface area contributed by atoms with Gasteiger partial charge in [-0.3, -0.25) is 0 Å².